The highest BCUT2D eigenvalue weighted by Gasteiger charge is 2.11. The lowest BCUT2D eigenvalue weighted by molar-refractivity contribution is -0.122. The molecule has 0 spiro atoms. The molecule has 0 aromatic heterocycles. The highest BCUT2D eigenvalue weighted by Crippen LogP contribution is 2.28. The van der Waals surface area contributed by atoms with Crippen molar-refractivity contribution in [1.29, 1.82) is 0 Å². The number of rotatable bonds is 11. The number of fused-ring (bicyclic) bond motifs is 1. The van der Waals surface area contributed by atoms with Crippen LogP contribution in [-0.4, -0.2) is 42.0 Å². The van der Waals surface area contributed by atoms with Gasteiger partial charge in [0.05, 0.1) is 11.2 Å². The van der Waals surface area contributed by atoms with E-state index in [0.29, 0.717) is 34.4 Å². The van der Waals surface area contributed by atoms with Crippen molar-refractivity contribution >= 4 is 63.8 Å². The van der Waals surface area contributed by atoms with E-state index in [9.17, 15) is 19.1 Å². The smallest absolute Gasteiger partial charge is 0.271 e. The standard InChI is InChI=1S/C29H24Cl2FN3O4S/c30-23-6-3-7-25(32)22(23)17-40-13-12-33-28(37)16-39-27-11-9-19(20-4-1-2-5-21(20)27)15-34-35-29(38)18-8-10-26(36)24(31)14-18/h1-11,14-15,36H,12-13,16-17H2,(H,33,37)(H,35,38). The molecule has 0 heterocycles. The van der Waals surface area contributed by atoms with Crippen molar-refractivity contribution in [2.75, 3.05) is 18.9 Å². The first-order valence-electron chi connectivity index (χ1n) is 12.1. The average molecular weight is 600 g/mol. The van der Waals surface area contributed by atoms with Gasteiger partial charge in [-0.1, -0.05) is 53.5 Å². The third kappa shape index (κ3) is 7.65. The third-order valence-electron chi connectivity index (χ3n) is 5.73. The molecule has 4 aromatic rings. The van der Waals surface area contributed by atoms with E-state index >= 15 is 0 Å². The van der Waals surface area contributed by atoms with E-state index in [-0.39, 0.29) is 34.7 Å². The van der Waals surface area contributed by atoms with Crippen LogP contribution in [0.15, 0.2) is 77.9 Å². The van der Waals surface area contributed by atoms with Crippen LogP contribution in [0.25, 0.3) is 10.8 Å². The Hall–Kier alpha value is -3.79. The summed E-state index contributed by atoms with van der Waals surface area (Å²) >= 11 is 13.4. The van der Waals surface area contributed by atoms with E-state index < -0.39 is 5.91 Å². The zero-order valence-corrected chi connectivity index (χ0v) is 23.3. The summed E-state index contributed by atoms with van der Waals surface area (Å²) in [5.41, 5.74) is 3.86. The van der Waals surface area contributed by atoms with E-state index in [4.69, 9.17) is 27.9 Å². The van der Waals surface area contributed by atoms with Crippen molar-refractivity contribution in [3.05, 3.63) is 105 Å². The van der Waals surface area contributed by atoms with E-state index in [1.165, 1.54) is 42.2 Å². The van der Waals surface area contributed by atoms with Crippen molar-refractivity contribution < 1.29 is 23.8 Å². The molecule has 0 radical (unpaired) electrons. The summed E-state index contributed by atoms with van der Waals surface area (Å²) in [6.07, 6.45) is 1.50. The van der Waals surface area contributed by atoms with Crippen LogP contribution in [0.1, 0.15) is 21.5 Å². The Kier molecular flexibility index (Phi) is 10.2. The van der Waals surface area contributed by atoms with E-state index in [2.05, 4.69) is 15.8 Å². The maximum Gasteiger partial charge on any atom is 0.271 e. The number of aromatic hydroxyl groups is 1. The second kappa shape index (κ2) is 14.0. The normalized spacial score (nSPS) is 11.1. The second-order valence-corrected chi connectivity index (χ2v) is 10.4. The summed E-state index contributed by atoms with van der Waals surface area (Å²) in [4.78, 5) is 24.6. The molecular weight excluding hydrogens is 576 g/mol. The van der Waals surface area contributed by atoms with E-state index in [0.717, 1.165) is 16.3 Å². The van der Waals surface area contributed by atoms with Gasteiger partial charge in [0.1, 0.15) is 17.3 Å². The summed E-state index contributed by atoms with van der Waals surface area (Å²) in [5, 5.41) is 18.4. The third-order valence-corrected chi connectivity index (χ3v) is 7.38. The van der Waals surface area contributed by atoms with Crippen molar-refractivity contribution in [3.8, 4) is 11.5 Å². The van der Waals surface area contributed by atoms with Gasteiger partial charge in [-0.25, -0.2) is 9.82 Å². The highest BCUT2D eigenvalue weighted by molar-refractivity contribution is 7.98. The molecule has 0 aliphatic heterocycles. The number of hydrazone groups is 1. The number of hydrogen-bond acceptors (Lipinski definition) is 6. The average Bonchev–Trinajstić information content (AvgIpc) is 2.95. The molecule has 11 heteroatoms. The summed E-state index contributed by atoms with van der Waals surface area (Å²) in [6, 6.07) is 19.7. The number of phenolic OH excluding ortho intramolecular Hbond substituents is 1. The first-order valence-corrected chi connectivity index (χ1v) is 14.0. The molecule has 40 heavy (non-hydrogen) atoms. The van der Waals surface area contributed by atoms with Crippen molar-refractivity contribution in [2.24, 2.45) is 5.10 Å². The maximum absolute atomic E-state index is 13.8. The number of nitrogens with one attached hydrogen (secondary N) is 2. The quantitative estimate of drug-likeness (QED) is 0.108. The van der Waals surface area contributed by atoms with Gasteiger partial charge in [0.2, 0.25) is 0 Å². The predicted octanol–water partition coefficient (Wildman–Crippen LogP) is 6.18. The zero-order chi connectivity index (χ0) is 28.5. The number of ether oxygens (including phenoxy) is 1. The Balaban J connectivity index is 1.29. The SMILES string of the molecule is O=C(COc1ccc(C=NNC(=O)c2ccc(O)c(Cl)c2)c2ccccc12)NCCSCc1c(F)cccc1Cl. The van der Waals surface area contributed by atoms with Gasteiger partial charge in [-0.3, -0.25) is 9.59 Å². The van der Waals surface area contributed by atoms with Gasteiger partial charge in [-0.15, -0.1) is 0 Å². The molecule has 4 aromatic carbocycles. The predicted molar refractivity (Wildman–Crippen MR) is 158 cm³/mol. The number of hydrogen-bond donors (Lipinski definition) is 3. The maximum atomic E-state index is 13.8. The summed E-state index contributed by atoms with van der Waals surface area (Å²) in [5.74, 6) is 0.298. The van der Waals surface area contributed by atoms with Gasteiger partial charge in [0, 0.05) is 45.1 Å². The fraction of sp³-hybridized carbons (Fsp3) is 0.138. The van der Waals surface area contributed by atoms with Crippen molar-refractivity contribution in [3.63, 3.8) is 0 Å². The van der Waals surface area contributed by atoms with Crippen LogP contribution < -0.4 is 15.5 Å². The minimum Gasteiger partial charge on any atom is -0.506 e. The van der Waals surface area contributed by atoms with Crippen molar-refractivity contribution in [2.45, 2.75) is 5.75 Å². The lowest BCUT2D eigenvalue weighted by Crippen LogP contribution is -2.30. The monoisotopic (exact) mass is 599 g/mol. The van der Waals surface area contributed by atoms with Crippen LogP contribution in [0.4, 0.5) is 4.39 Å². The molecule has 3 N–H and O–H groups in total. The second-order valence-electron chi connectivity index (χ2n) is 8.46. The summed E-state index contributed by atoms with van der Waals surface area (Å²) in [7, 11) is 0. The molecule has 4 rings (SSSR count). The number of benzene rings is 4. The highest BCUT2D eigenvalue weighted by atomic mass is 35.5. The van der Waals surface area contributed by atoms with Gasteiger partial charge in [-0.05, 0) is 47.9 Å². The molecule has 0 fully saturated rings. The Bertz CT molecular complexity index is 1550. The number of phenols is 1. The molecule has 0 atom stereocenters. The minimum atomic E-state index is -0.483. The van der Waals surface area contributed by atoms with E-state index in [1.54, 1.807) is 24.3 Å². The molecule has 0 unspecified atom stereocenters. The summed E-state index contributed by atoms with van der Waals surface area (Å²) < 4.78 is 19.6. The number of thioether (sulfide) groups is 1. The molecule has 0 bridgehead atoms. The molecule has 7 nitrogen and oxygen atoms in total. The molecule has 0 aliphatic rings. The molecular formula is C29H24Cl2FN3O4S. The Labute approximate surface area is 244 Å². The van der Waals surface area contributed by atoms with Gasteiger partial charge < -0.3 is 15.2 Å². The topological polar surface area (TPSA) is 100 Å². The van der Waals surface area contributed by atoms with Crippen LogP contribution in [-0.2, 0) is 10.5 Å². The fourth-order valence-electron chi connectivity index (χ4n) is 3.71. The number of nitrogens with zero attached hydrogens (tertiary/aromatic N) is 1. The number of amides is 2. The Morgan fingerprint density at radius 3 is 2.58 bits per heavy atom. The van der Waals surface area contributed by atoms with Gasteiger partial charge in [0.25, 0.3) is 11.8 Å². The fourth-order valence-corrected chi connectivity index (χ4v) is 5.09. The lowest BCUT2D eigenvalue weighted by Gasteiger charge is -2.11. The Morgan fingerprint density at radius 2 is 1.80 bits per heavy atom. The molecule has 0 saturated carbocycles. The van der Waals surface area contributed by atoms with Gasteiger partial charge >= 0.3 is 0 Å². The lowest BCUT2D eigenvalue weighted by atomic mass is 10.0. The first-order chi connectivity index (χ1) is 19.3. The molecule has 0 saturated heterocycles. The molecule has 0 aliphatic carbocycles. The number of carbonyl (C=O) groups is 2. The van der Waals surface area contributed by atoms with Gasteiger partial charge in [0.15, 0.2) is 6.61 Å². The molecule has 2 amide bonds. The Morgan fingerprint density at radius 1 is 1.00 bits per heavy atom. The van der Waals surface area contributed by atoms with E-state index in [1.807, 2.05) is 24.3 Å². The van der Waals surface area contributed by atoms with Gasteiger partial charge in [-0.2, -0.15) is 16.9 Å². The van der Waals surface area contributed by atoms with Crippen LogP contribution in [0.3, 0.4) is 0 Å². The van der Waals surface area contributed by atoms with Crippen LogP contribution in [0.2, 0.25) is 10.0 Å². The largest absolute Gasteiger partial charge is 0.506 e. The molecule has 206 valence electrons. The number of halogens is 3. The summed E-state index contributed by atoms with van der Waals surface area (Å²) in [6.45, 7) is 0.226. The first kappa shape index (κ1) is 29.2. The van der Waals surface area contributed by atoms with Crippen molar-refractivity contribution in [1.82, 2.24) is 10.7 Å². The number of carbonyl (C=O) groups excluding carboxylic acids is 2. The zero-order valence-electron chi connectivity index (χ0n) is 21.0. The van der Waals surface area contributed by atoms with Crippen LogP contribution >= 0.6 is 35.0 Å². The van der Waals surface area contributed by atoms with Crippen LogP contribution in [0, 0.1) is 5.82 Å². The van der Waals surface area contributed by atoms with Crippen LogP contribution in [0.5, 0.6) is 11.5 Å². The minimum absolute atomic E-state index is 0.0656.